The van der Waals surface area contributed by atoms with Crippen molar-refractivity contribution in [2.24, 2.45) is 5.73 Å². The molecule has 0 spiro atoms. The smallest absolute Gasteiger partial charge is 0.403 e. The molecule has 3 nitrogen and oxygen atoms in total. The zero-order valence-electron chi connectivity index (χ0n) is 12.2. The molecule has 1 aromatic carbocycles. The number of primary amides is 1. The number of nitrogens with two attached hydrogens (primary N) is 1. The standard InChI is InChI=1S/C14H14F5NO2S/c1-13(14(17,18)19)7(5-9(23-13)12(20)21)6-3-4-8(15)10(16)11(6)22-2/h3-4,7,9H,5H2,1-2H3,(H2,20,21). The molecule has 23 heavy (non-hydrogen) atoms. The van der Waals surface area contributed by atoms with E-state index in [1.54, 1.807) is 0 Å². The fraction of sp³-hybridized carbons (Fsp3) is 0.500. The lowest BCUT2D eigenvalue weighted by molar-refractivity contribution is -0.159. The molecule has 128 valence electrons. The summed E-state index contributed by atoms with van der Waals surface area (Å²) < 4.78 is 70.2. The first kappa shape index (κ1) is 17.8. The monoisotopic (exact) mass is 355 g/mol. The molecule has 1 aromatic rings. The summed E-state index contributed by atoms with van der Waals surface area (Å²) in [6.45, 7) is 0.923. The van der Waals surface area contributed by atoms with Crippen molar-refractivity contribution in [3.8, 4) is 5.75 Å². The fourth-order valence-electron chi connectivity index (χ4n) is 2.76. The highest BCUT2D eigenvalue weighted by molar-refractivity contribution is 8.02. The summed E-state index contributed by atoms with van der Waals surface area (Å²) in [7, 11) is 1.04. The van der Waals surface area contributed by atoms with Crippen LogP contribution in [-0.2, 0) is 4.79 Å². The summed E-state index contributed by atoms with van der Waals surface area (Å²) in [4.78, 5) is 11.3. The highest BCUT2D eigenvalue weighted by Gasteiger charge is 2.63. The number of thioether (sulfide) groups is 1. The first-order valence-corrected chi connectivity index (χ1v) is 7.46. The highest BCUT2D eigenvalue weighted by Crippen LogP contribution is 2.60. The highest BCUT2D eigenvalue weighted by atomic mass is 32.2. The van der Waals surface area contributed by atoms with Gasteiger partial charge in [0.25, 0.3) is 0 Å². The van der Waals surface area contributed by atoms with Crippen LogP contribution in [0.25, 0.3) is 0 Å². The summed E-state index contributed by atoms with van der Waals surface area (Å²) in [5, 5.41) is -1.08. The molecule has 3 unspecified atom stereocenters. The predicted molar refractivity (Wildman–Crippen MR) is 75.3 cm³/mol. The van der Waals surface area contributed by atoms with Crippen LogP contribution in [0.4, 0.5) is 22.0 Å². The van der Waals surface area contributed by atoms with Crippen molar-refractivity contribution in [1.29, 1.82) is 0 Å². The summed E-state index contributed by atoms with van der Waals surface area (Å²) >= 11 is 0.389. The lowest BCUT2D eigenvalue weighted by Crippen LogP contribution is -2.42. The molecule has 2 rings (SSSR count). The number of carbonyl (C=O) groups excluding carboxylic acids is 1. The van der Waals surface area contributed by atoms with Crippen LogP contribution in [-0.4, -0.2) is 29.2 Å². The Bertz CT molecular complexity index is 636. The largest absolute Gasteiger partial charge is 0.493 e. The van der Waals surface area contributed by atoms with E-state index in [0.717, 1.165) is 26.2 Å². The van der Waals surface area contributed by atoms with Gasteiger partial charge < -0.3 is 10.5 Å². The first-order valence-electron chi connectivity index (χ1n) is 6.58. The van der Waals surface area contributed by atoms with Gasteiger partial charge in [-0.1, -0.05) is 6.07 Å². The number of hydrogen-bond donors (Lipinski definition) is 1. The molecule has 0 aromatic heterocycles. The van der Waals surface area contributed by atoms with Gasteiger partial charge in [-0.25, -0.2) is 4.39 Å². The molecule has 1 saturated heterocycles. The van der Waals surface area contributed by atoms with Crippen LogP contribution in [0.2, 0.25) is 0 Å². The van der Waals surface area contributed by atoms with E-state index in [1.807, 2.05) is 0 Å². The zero-order chi connectivity index (χ0) is 17.6. The number of methoxy groups -OCH3 is 1. The quantitative estimate of drug-likeness (QED) is 0.846. The molecular weight excluding hydrogens is 341 g/mol. The zero-order valence-corrected chi connectivity index (χ0v) is 13.0. The predicted octanol–water partition coefficient (Wildman–Crippen LogP) is 3.37. The third-order valence-corrected chi connectivity index (χ3v) is 5.76. The number of ether oxygens (including phenoxy) is 1. The van der Waals surface area contributed by atoms with E-state index < -0.39 is 45.4 Å². The minimum Gasteiger partial charge on any atom is -0.493 e. The van der Waals surface area contributed by atoms with Gasteiger partial charge in [-0.3, -0.25) is 4.79 Å². The molecule has 9 heteroatoms. The van der Waals surface area contributed by atoms with Crippen LogP contribution < -0.4 is 10.5 Å². The van der Waals surface area contributed by atoms with Gasteiger partial charge in [-0.2, -0.15) is 17.6 Å². The van der Waals surface area contributed by atoms with Crippen LogP contribution in [0.3, 0.4) is 0 Å². The number of alkyl halides is 3. The number of amides is 1. The average Bonchev–Trinajstić information content (AvgIpc) is 2.81. The van der Waals surface area contributed by atoms with Crippen LogP contribution in [0.15, 0.2) is 12.1 Å². The number of hydrogen-bond acceptors (Lipinski definition) is 3. The van der Waals surface area contributed by atoms with Crippen molar-refractivity contribution >= 4 is 17.7 Å². The molecule has 3 atom stereocenters. The van der Waals surface area contributed by atoms with Crippen LogP contribution >= 0.6 is 11.8 Å². The second-order valence-electron chi connectivity index (χ2n) is 5.39. The second kappa shape index (κ2) is 5.85. The Kier molecular flexibility index (Phi) is 4.53. The Labute approximate surface area is 133 Å². The molecule has 0 aliphatic carbocycles. The Morgan fingerprint density at radius 2 is 2.00 bits per heavy atom. The SMILES string of the molecule is COc1c(C2CC(C(N)=O)SC2(C)C(F)(F)F)ccc(F)c1F. The van der Waals surface area contributed by atoms with Gasteiger partial charge in [-0.15, -0.1) is 11.8 Å². The number of rotatable bonds is 3. The van der Waals surface area contributed by atoms with Crippen LogP contribution in [0.1, 0.15) is 24.8 Å². The summed E-state index contributed by atoms with van der Waals surface area (Å²) in [5.74, 6) is -5.35. The van der Waals surface area contributed by atoms with E-state index >= 15 is 0 Å². The molecule has 1 aliphatic heterocycles. The average molecular weight is 355 g/mol. The third kappa shape index (κ3) is 2.86. The van der Waals surface area contributed by atoms with Gasteiger partial charge in [0.1, 0.15) is 4.75 Å². The van der Waals surface area contributed by atoms with Crippen molar-refractivity contribution in [3.63, 3.8) is 0 Å². The topological polar surface area (TPSA) is 52.3 Å². The minimum absolute atomic E-state index is 0.137. The number of carbonyl (C=O) groups is 1. The second-order valence-corrected chi connectivity index (χ2v) is 7.04. The molecule has 0 radical (unpaired) electrons. The molecule has 1 fully saturated rings. The van der Waals surface area contributed by atoms with Crippen molar-refractivity contribution in [2.75, 3.05) is 7.11 Å². The van der Waals surface area contributed by atoms with Gasteiger partial charge >= 0.3 is 6.18 Å². The first-order chi connectivity index (χ1) is 10.5. The van der Waals surface area contributed by atoms with Gasteiger partial charge in [-0.05, 0) is 19.4 Å². The number of benzene rings is 1. The van der Waals surface area contributed by atoms with Crippen LogP contribution in [0.5, 0.6) is 5.75 Å². The summed E-state index contributed by atoms with van der Waals surface area (Å²) in [6.07, 6.45) is -4.92. The Morgan fingerprint density at radius 1 is 1.39 bits per heavy atom. The molecule has 0 saturated carbocycles. The Morgan fingerprint density at radius 3 is 2.48 bits per heavy atom. The van der Waals surface area contributed by atoms with Crippen molar-refractivity contribution < 1.29 is 31.5 Å². The summed E-state index contributed by atoms with van der Waals surface area (Å²) in [6, 6.07) is 1.79. The molecule has 1 amide bonds. The van der Waals surface area contributed by atoms with Gasteiger partial charge in [0, 0.05) is 11.5 Å². The molecular formula is C14H14F5NO2S. The minimum atomic E-state index is -4.68. The van der Waals surface area contributed by atoms with Crippen LogP contribution in [0, 0.1) is 11.6 Å². The van der Waals surface area contributed by atoms with Gasteiger partial charge in [0.2, 0.25) is 11.7 Å². The van der Waals surface area contributed by atoms with Crippen molar-refractivity contribution in [3.05, 3.63) is 29.3 Å². The molecule has 1 heterocycles. The Hall–Kier alpha value is -1.51. The van der Waals surface area contributed by atoms with E-state index in [1.165, 1.54) is 0 Å². The van der Waals surface area contributed by atoms with E-state index in [-0.39, 0.29) is 12.0 Å². The maximum atomic E-state index is 13.8. The fourth-order valence-corrected chi connectivity index (χ4v) is 4.27. The lowest BCUT2D eigenvalue weighted by Gasteiger charge is -2.33. The van der Waals surface area contributed by atoms with E-state index in [0.29, 0.717) is 11.8 Å². The molecule has 1 aliphatic rings. The normalized spacial score (nSPS) is 28.0. The van der Waals surface area contributed by atoms with Crippen molar-refractivity contribution in [2.45, 2.75) is 35.4 Å². The Balaban J connectivity index is 2.60. The maximum Gasteiger partial charge on any atom is 0.403 e. The van der Waals surface area contributed by atoms with Gasteiger partial charge in [0.15, 0.2) is 11.6 Å². The molecule has 0 bridgehead atoms. The van der Waals surface area contributed by atoms with Crippen molar-refractivity contribution in [1.82, 2.24) is 0 Å². The van der Waals surface area contributed by atoms with E-state index in [9.17, 15) is 26.7 Å². The third-order valence-electron chi connectivity index (χ3n) is 4.04. The van der Waals surface area contributed by atoms with Gasteiger partial charge in [0.05, 0.1) is 12.4 Å². The summed E-state index contributed by atoms with van der Waals surface area (Å²) in [5.41, 5.74) is 5.00. The van der Waals surface area contributed by atoms with E-state index in [4.69, 9.17) is 10.5 Å². The number of halogens is 5. The lowest BCUT2D eigenvalue weighted by atomic mass is 9.82. The maximum absolute atomic E-state index is 13.8. The molecule has 2 N–H and O–H groups in total. The van der Waals surface area contributed by atoms with E-state index in [2.05, 4.69) is 0 Å².